The van der Waals surface area contributed by atoms with Gasteiger partial charge >= 0.3 is 12.3 Å². The molecule has 3 atom stereocenters. The molecular weight excluding hydrogens is 768 g/mol. The highest BCUT2D eigenvalue weighted by molar-refractivity contribution is 7.92. The van der Waals surface area contributed by atoms with Gasteiger partial charge < -0.3 is 23.8 Å². The van der Waals surface area contributed by atoms with Crippen LogP contribution in [0.4, 0.5) is 28.2 Å². The van der Waals surface area contributed by atoms with Crippen molar-refractivity contribution in [2.45, 2.75) is 81.3 Å². The number of likely N-dealkylation sites (N-methyl/N-ethyl adjacent to an activating group) is 1. The topological polar surface area (TPSA) is 120 Å². The summed E-state index contributed by atoms with van der Waals surface area (Å²) in [6, 6.07) is 12.2. The number of carbonyl (C=O) groups excluding carboxylic acids is 1. The number of aromatic nitrogens is 2. The van der Waals surface area contributed by atoms with Crippen LogP contribution >= 0.6 is 11.6 Å². The maximum atomic E-state index is 16.1. The Morgan fingerprint density at radius 3 is 2.36 bits per heavy atom. The highest BCUT2D eigenvalue weighted by Crippen LogP contribution is 2.41. The van der Waals surface area contributed by atoms with Crippen molar-refractivity contribution >= 4 is 33.5 Å². The summed E-state index contributed by atoms with van der Waals surface area (Å²) in [5.74, 6) is -1.06. The summed E-state index contributed by atoms with van der Waals surface area (Å²) in [4.78, 5) is 21.8. The van der Waals surface area contributed by atoms with E-state index in [0.29, 0.717) is 29.0 Å². The zero-order chi connectivity index (χ0) is 40.3. The van der Waals surface area contributed by atoms with E-state index in [1.165, 1.54) is 44.5 Å². The summed E-state index contributed by atoms with van der Waals surface area (Å²) < 4.78 is 109. The lowest BCUT2D eigenvalue weighted by molar-refractivity contribution is -0.137. The fourth-order valence-electron chi connectivity index (χ4n) is 6.34. The molecule has 0 spiro atoms. The predicted molar refractivity (Wildman–Crippen MR) is 197 cm³/mol. The maximum absolute atomic E-state index is 16.1. The van der Waals surface area contributed by atoms with E-state index >= 15 is 4.39 Å². The molecule has 1 aliphatic rings. The van der Waals surface area contributed by atoms with Crippen LogP contribution in [0, 0.1) is 5.82 Å². The number of hydrogen-bond acceptors (Lipinski definition) is 9. The fraction of sp³-hybridized carbons (Fsp3) is 0.395. The van der Waals surface area contributed by atoms with Crippen molar-refractivity contribution in [1.29, 1.82) is 0 Å². The Hall–Kier alpha value is -4.83. The molecule has 3 aromatic carbocycles. The molecule has 296 valence electrons. The molecule has 4 aromatic rings. The van der Waals surface area contributed by atoms with Gasteiger partial charge in [0.2, 0.25) is 0 Å². The summed E-state index contributed by atoms with van der Waals surface area (Å²) >= 11 is 6.63. The lowest BCUT2D eigenvalue weighted by Gasteiger charge is -2.41. The Morgan fingerprint density at radius 1 is 0.982 bits per heavy atom. The summed E-state index contributed by atoms with van der Waals surface area (Å²) in [6.07, 6.45) is -2.83. The molecule has 55 heavy (non-hydrogen) atoms. The minimum atomic E-state index is -4.71. The zero-order valence-corrected chi connectivity index (χ0v) is 32.5. The van der Waals surface area contributed by atoms with Crippen LogP contribution in [0.3, 0.4) is 0 Å². The molecule has 11 nitrogen and oxygen atoms in total. The number of amides is 1. The molecule has 0 radical (unpaired) electrons. The van der Waals surface area contributed by atoms with Crippen LogP contribution in [-0.4, -0.2) is 68.4 Å². The normalized spacial score (nSPS) is 17.6. The standard InChI is InChI=1S/C38H41ClF4N4O7S/c1-37(2,3)54-36(48)46(4)30-17-24(23-8-7-9-26(16-23)38(41,42)43)11-13-31(30)53-33-20-29(40)34(19-28(33)39)55(49,50)47(35-14-15-44-22-45-35)21-25-10-12-27(51-5)18-32(25)52-6/h7-10,12,14-16,18-20,22,24,30-31H,11,13,17,21H2,1-6H3/t24-,30-,31-/m0/s1. The van der Waals surface area contributed by atoms with Gasteiger partial charge in [-0.1, -0.05) is 29.8 Å². The van der Waals surface area contributed by atoms with E-state index in [1.807, 2.05) is 0 Å². The van der Waals surface area contributed by atoms with E-state index in [0.717, 1.165) is 34.9 Å². The number of benzene rings is 3. The van der Waals surface area contributed by atoms with Gasteiger partial charge in [0.1, 0.15) is 51.8 Å². The monoisotopic (exact) mass is 808 g/mol. The summed E-state index contributed by atoms with van der Waals surface area (Å²) in [5.41, 5.74) is -0.796. The largest absolute Gasteiger partial charge is 0.497 e. The van der Waals surface area contributed by atoms with E-state index in [4.69, 9.17) is 30.5 Å². The van der Waals surface area contributed by atoms with E-state index in [2.05, 4.69) is 9.97 Å². The molecule has 1 aromatic heterocycles. The van der Waals surface area contributed by atoms with Crippen molar-refractivity contribution in [2.24, 2.45) is 0 Å². The first-order valence-electron chi connectivity index (χ1n) is 17.1. The Morgan fingerprint density at radius 2 is 1.73 bits per heavy atom. The summed E-state index contributed by atoms with van der Waals surface area (Å²) in [7, 11) is -0.342. The fourth-order valence-corrected chi connectivity index (χ4v) is 8.09. The van der Waals surface area contributed by atoms with Gasteiger partial charge in [-0.3, -0.25) is 0 Å². The summed E-state index contributed by atoms with van der Waals surface area (Å²) in [6.45, 7) is 4.75. The molecular formula is C38H41ClF4N4O7S. The molecule has 5 rings (SSSR count). The van der Waals surface area contributed by atoms with Crippen LogP contribution < -0.4 is 18.5 Å². The smallest absolute Gasteiger partial charge is 0.416 e. The molecule has 1 aliphatic carbocycles. The van der Waals surface area contributed by atoms with Crippen molar-refractivity contribution < 1.29 is 49.7 Å². The molecule has 1 saturated carbocycles. The van der Waals surface area contributed by atoms with Gasteiger partial charge in [0.05, 0.1) is 37.4 Å². The van der Waals surface area contributed by atoms with Crippen LogP contribution in [0.15, 0.2) is 78.1 Å². The van der Waals surface area contributed by atoms with Crippen molar-refractivity contribution in [3.63, 3.8) is 0 Å². The third-order valence-corrected chi connectivity index (χ3v) is 11.1. The number of sulfonamides is 1. The highest BCUT2D eigenvalue weighted by atomic mass is 35.5. The lowest BCUT2D eigenvalue weighted by atomic mass is 9.79. The average Bonchev–Trinajstić information content (AvgIpc) is 3.14. The number of methoxy groups -OCH3 is 2. The molecule has 1 heterocycles. The minimum absolute atomic E-state index is 0.0609. The predicted octanol–water partition coefficient (Wildman–Crippen LogP) is 8.65. The summed E-state index contributed by atoms with van der Waals surface area (Å²) in [5, 5.41) is -0.247. The highest BCUT2D eigenvalue weighted by Gasteiger charge is 2.40. The Kier molecular flexibility index (Phi) is 12.4. The molecule has 0 saturated heterocycles. The van der Waals surface area contributed by atoms with E-state index in [1.54, 1.807) is 45.0 Å². The second-order valence-corrected chi connectivity index (χ2v) is 16.2. The quantitative estimate of drug-likeness (QED) is 0.137. The molecule has 0 aliphatic heterocycles. The van der Waals surface area contributed by atoms with Gasteiger partial charge in [0, 0.05) is 37.0 Å². The minimum Gasteiger partial charge on any atom is -0.497 e. The lowest BCUT2D eigenvalue weighted by Crippen LogP contribution is -2.51. The third-order valence-electron chi connectivity index (χ3n) is 9.08. The van der Waals surface area contributed by atoms with Crippen LogP contribution in [0.2, 0.25) is 5.02 Å². The first-order chi connectivity index (χ1) is 25.8. The Bertz CT molecular complexity index is 2100. The van der Waals surface area contributed by atoms with Gasteiger partial charge in [0.25, 0.3) is 10.0 Å². The second kappa shape index (κ2) is 16.5. The van der Waals surface area contributed by atoms with Gasteiger partial charge in [0.15, 0.2) is 0 Å². The van der Waals surface area contributed by atoms with Crippen molar-refractivity contribution in [1.82, 2.24) is 14.9 Å². The van der Waals surface area contributed by atoms with E-state index < -0.39 is 62.2 Å². The number of anilines is 1. The van der Waals surface area contributed by atoms with Crippen molar-refractivity contribution in [3.05, 3.63) is 101 Å². The molecule has 0 N–H and O–H groups in total. The number of ether oxygens (including phenoxy) is 4. The van der Waals surface area contributed by atoms with Crippen molar-refractivity contribution in [3.8, 4) is 17.2 Å². The number of alkyl halides is 3. The average molecular weight is 809 g/mol. The number of nitrogens with zero attached hydrogens (tertiary/aromatic N) is 4. The van der Waals surface area contributed by atoms with Gasteiger partial charge in [-0.05, 0) is 75.8 Å². The van der Waals surface area contributed by atoms with E-state index in [-0.39, 0.29) is 36.0 Å². The van der Waals surface area contributed by atoms with Crippen LogP contribution in [0.5, 0.6) is 17.2 Å². The first kappa shape index (κ1) is 41.3. The molecule has 0 unspecified atom stereocenters. The maximum Gasteiger partial charge on any atom is 0.416 e. The van der Waals surface area contributed by atoms with E-state index in [9.17, 15) is 26.4 Å². The number of carbonyl (C=O) groups is 1. The van der Waals surface area contributed by atoms with Crippen LogP contribution in [0.1, 0.15) is 62.6 Å². The van der Waals surface area contributed by atoms with Crippen LogP contribution in [0.25, 0.3) is 0 Å². The van der Waals surface area contributed by atoms with Crippen LogP contribution in [-0.2, 0) is 27.5 Å². The SMILES string of the molecule is COc1ccc(CN(c2ccncn2)S(=O)(=O)c2cc(Cl)c(O[C@H]3CC[C@H](c4cccc(C(F)(F)F)c4)C[C@@H]3N(C)C(=O)OC(C)(C)C)cc2F)c(OC)c1. The second-order valence-electron chi connectivity index (χ2n) is 13.9. The van der Waals surface area contributed by atoms with Gasteiger partial charge in [-0.2, -0.15) is 13.2 Å². The number of hydrogen-bond donors (Lipinski definition) is 0. The number of rotatable bonds is 11. The molecule has 1 amide bonds. The van der Waals surface area contributed by atoms with Gasteiger partial charge in [-0.15, -0.1) is 0 Å². The molecule has 17 heteroatoms. The van der Waals surface area contributed by atoms with Gasteiger partial charge in [-0.25, -0.2) is 31.9 Å². The van der Waals surface area contributed by atoms with Crippen molar-refractivity contribution in [2.75, 3.05) is 25.6 Å². The third kappa shape index (κ3) is 9.71. The Labute approximate surface area is 322 Å². The molecule has 0 bridgehead atoms. The first-order valence-corrected chi connectivity index (χ1v) is 18.9. The molecule has 1 fully saturated rings. The number of halogens is 5. The zero-order valence-electron chi connectivity index (χ0n) is 30.9. The Balaban J connectivity index is 1.47.